The van der Waals surface area contributed by atoms with E-state index in [1.165, 1.54) is 128 Å². The molecule has 10 heteroatoms. The highest BCUT2D eigenvalue weighted by Gasteiger charge is 2.26. The van der Waals surface area contributed by atoms with Gasteiger partial charge in [-0.05, 0) is 141 Å². The van der Waals surface area contributed by atoms with E-state index in [1.807, 2.05) is 0 Å². The third-order valence-corrected chi connectivity index (χ3v) is 17.5. The SMILES string of the molecule is CC/C=C\C/C=C\C/C=C\C/C=C\C/C=C\C/C=C\C/C=C\C/C=C\C/C=C\C/C=C\CCCCCCCCC(=O)OC(COC(=O)CCCCCCCCCCCCCCCCCCCCCCCC/C=C\C/C=C\C/C=C\C/C=C\C/C=C\C/C=C\CC)COP(=O)(O)OCCN. The fourth-order valence-corrected chi connectivity index (χ4v) is 11.4. The number of carbonyl (C=O) groups is 2. The molecule has 0 aliphatic heterocycles. The number of carbonyl (C=O) groups excluding carboxylic acids is 2. The van der Waals surface area contributed by atoms with Crippen LogP contribution in [0.2, 0.25) is 0 Å². The summed E-state index contributed by atoms with van der Waals surface area (Å²) in [6, 6.07) is 0. The van der Waals surface area contributed by atoms with Crippen LogP contribution < -0.4 is 5.73 Å². The lowest BCUT2D eigenvalue weighted by Gasteiger charge is -2.19. The number of rotatable bonds is 73. The van der Waals surface area contributed by atoms with Gasteiger partial charge in [0.2, 0.25) is 0 Å². The summed E-state index contributed by atoms with van der Waals surface area (Å²) in [5.41, 5.74) is 5.41. The maximum absolute atomic E-state index is 12.8. The zero-order chi connectivity index (χ0) is 71.5. The molecular formula is C89H146NO8P. The van der Waals surface area contributed by atoms with Crippen LogP contribution >= 0.6 is 7.82 Å². The molecule has 0 saturated carbocycles. The molecule has 0 aromatic rings. The normalized spacial score (nSPS) is 13.9. The minimum absolute atomic E-state index is 0.0432. The van der Waals surface area contributed by atoms with Gasteiger partial charge < -0.3 is 20.1 Å². The van der Waals surface area contributed by atoms with Crippen molar-refractivity contribution < 1.29 is 37.6 Å². The second kappa shape index (κ2) is 81.8. The lowest BCUT2D eigenvalue weighted by atomic mass is 10.0. The van der Waals surface area contributed by atoms with Crippen LogP contribution in [0, 0.1) is 0 Å². The first-order chi connectivity index (χ1) is 48.8. The minimum atomic E-state index is -4.41. The van der Waals surface area contributed by atoms with Crippen LogP contribution in [0.1, 0.15) is 322 Å². The Morgan fingerprint density at radius 2 is 0.525 bits per heavy atom. The van der Waals surface area contributed by atoms with Gasteiger partial charge in [0.05, 0.1) is 13.2 Å². The summed E-state index contributed by atoms with van der Waals surface area (Å²) in [4.78, 5) is 35.5. The molecule has 560 valence electrons. The summed E-state index contributed by atoms with van der Waals surface area (Å²) >= 11 is 0. The van der Waals surface area contributed by atoms with Crippen LogP contribution in [-0.2, 0) is 32.7 Å². The van der Waals surface area contributed by atoms with E-state index < -0.39 is 26.5 Å². The van der Waals surface area contributed by atoms with Crippen molar-refractivity contribution in [2.45, 2.75) is 328 Å². The molecule has 0 radical (unpaired) electrons. The monoisotopic (exact) mass is 1390 g/mol. The van der Waals surface area contributed by atoms with Crippen molar-refractivity contribution in [3.63, 3.8) is 0 Å². The molecule has 0 aromatic carbocycles. The van der Waals surface area contributed by atoms with Gasteiger partial charge in [-0.25, -0.2) is 4.57 Å². The zero-order valence-corrected chi connectivity index (χ0v) is 64.0. The van der Waals surface area contributed by atoms with Gasteiger partial charge in [0.15, 0.2) is 6.10 Å². The molecule has 99 heavy (non-hydrogen) atoms. The number of esters is 2. The number of phosphoric ester groups is 1. The van der Waals surface area contributed by atoms with Crippen LogP contribution in [-0.4, -0.2) is 49.3 Å². The van der Waals surface area contributed by atoms with Gasteiger partial charge in [0, 0.05) is 19.4 Å². The fraction of sp³-hybridized carbons (Fsp3) is 0.618. The Hall–Kier alpha value is -5.15. The Labute approximate surface area is 608 Å². The molecule has 2 atom stereocenters. The molecule has 0 aliphatic carbocycles. The summed E-state index contributed by atoms with van der Waals surface area (Å²) in [5, 5.41) is 0. The molecule has 0 amide bonds. The van der Waals surface area contributed by atoms with Crippen molar-refractivity contribution in [3.8, 4) is 0 Å². The first-order valence-corrected chi connectivity index (χ1v) is 41.4. The first kappa shape index (κ1) is 93.8. The largest absolute Gasteiger partial charge is 0.472 e. The lowest BCUT2D eigenvalue weighted by Crippen LogP contribution is -2.29. The number of phosphoric acid groups is 1. The van der Waals surface area contributed by atoms with Crippen molar-refractivity contribution in [1.82, 2.24) is 0 Å². The second-order valence-electron chi connectivity index (χ2n) is 25.8. The Bertz CT molecular complexity index is 2340. The predicted molar refractivity (Wildman–Crippen MR) is 431 cm³/mol. The summed E-state index contributed by atoms with van der Waals surface area (Å²) in [6.45, 7) is 3.51. The van der Waals surface area contributed by atoms with Crippen molar-refractivity contribution in [2.75, 3.05) is 26.4 Å². The van der Waals surface area contributed by atoms with Crippen molar-refractivity contribution in [1.29, 1.82) is 0 Å². The topological polar surface area (TPSA) is 134 Å². The van der Waals surface area contributed by atoms with Crippen LogP contribution in [0.15, 0.2) is 194 Å². The lowest BCUT2D eigenvalue weighted by molar-refractivity contribution is -0.161. The van der Waals surface area contributed by atoms with Gasteiger partial charge >= 0.3 is 19.8 Å². The Morgan fingerprint density at radius 1 is 0.303 bits per heavy atom. The minimum Gasteiger partial charge on any atom is -0.462 e. The van der Waals surface area contributed by atoms with Gasteiger partial charge in [-0.2, -0.15) is 0 Å². The first-order valence-electron chi connectivity index (χ1n) is 39.9. The smallest absolute Gasteiger partial charge is 0.462 e. The van der Waals surface area contributed by atoms with E-state index in [4.69, 9.17) is 24.3 Å². The summed E-state index contributed by atoms with van der Waals surface area (Å²) in [6.07, 6.45) is 124. The number of allylic oxidation sites excluding steroid dienone is 32. The van der Waals surface area contributed by atoms with Gasteiger partial charge in [-0.15, -0.1) is 0 Å². The molecule has 2 unspecified atom stereocenters. The highest BCUT2D eigenvalue weighted by molar-refractivity contribution is 7.47. The van der Waals surface area contributed by atoms with Crippen molar-refractivity contribution in [3.05, 3.63) is 194 Å². The van der Waals surface area contributed by atoms with Crippen LogP contribution in [0.25, 0.3) is 0 Å². The van der Waals surface area contributed by atoms with E-state index in [9.17, 15) is 19.0 Å². The van der Waals surface area contributed by atoms with Crippen molar-refractivity contribution >= 4 is 19.8 Å². The Morgan fingerprint density at radius 3 is 0.778 bits per heavy atom. The summed E-state index contributed by atoms with van der Waals surface area (Å²) in [5.74, 6) is -0.846. The number of ether oxygens (including phenoxy) is 2. The molecule has 0 bridgehead atoms. The van der Waals surface area contributed by atoms with E-state index in [1.54, 1.807) is 0 Å². The fourth-order valence-electron chi connectivity index (χ4n) is 10.7. The molecular weight excluding hydrogens is 1240 g/mol. The van der Waals surface area contributed by atoms with Crippen LogP contribution in [0.4, 0.5) is 0 Å². The number of hydrogen-bond acceptors (Lipinski definition) is 8. The van der Waals surface area contributed by atoms with E-state index in [0.29, 0.717) is 6.42 Å². The molecule has 0 rings (SSSR count). The molecule has 0 heterocycles. The van der Waals surface area contributed by atoms with E-state index in [2.05, 4.69) is 208 Å². The molecule has 9 nitrogen and oxygen atoms in total. The van der Waals surface area contributed by atoms with Gasteiger partial charge in [0.1, 0.15) is 6.61 Å². The molecule has 0 saturated heterocycles. The average Bonchev–Trinajstić information content (AvgIpc) is 1.64. The van der Waals surface area contributed by atoms with Crippen molar-refractivity contribution in [2.24, 2.45) is 5.73 Å². The molecule has 0 aromatic heterocycles. The maximum Gasteiger partial charge on any atom is 0.472 e. The van der Waals surface area contributed by atoms with E-state index in [0.717, 1.165) is 161 Å². The maximum atomic E-state index is 12.8. The van der Waals surface area contributed by atoms with Gasteiger partial charge in [0.25, 0.3) is 0 Å². The molecule has 0 spiro atoms. The Balaban J connectivity index is 3.90. The standard InChI is InChI=1S/C89H146NO8P/c1-3-5-7-9-11-13-15-17-19-21-23-25-27-29-31-33-35-37-39-41-42-43-44-46-47-49-51-53-55-57-59-61-63-65-67-69-71-73-75-77-79-81-88(91)95-85-87(86-97-99(93,94)96-84-83-90)98-89(92)82-80-78-76-74-72-70-68-66-64-62-60-58-56-54-52-50-48-45-40-38-36-34-32-30-28-26-24-22-20-18-16-14-12-10-8-6-4-2/h5-8,11-14,17-20,23-26,29-32,35-38,45,48,52,54,58,60,64,66,87H,3-4,9-10,15-16,21-22,27-28,33-34,39-44,46-47,49-51,53,55-57,59,61-63,65,67-86,90H2,1-2H3,(H,93,94)/b7-5-,8-6-,13-11-,14-12-,19-17-,20-18-,25-23-,26-24-,31-29-,32-30-,37-35-,38-36-,48-45-,54-52-,60-58-,66-64-. The van der Waals surface area contributed by atoms with Crippen LogP contribution in [0.5, 0.6) is 0 Å². The van der Waals surface area contributed by atoms with E-state index in [-0.39, 0.29) is 38.6 Å². The molecule has 3 N–H and O–H groups in total. The molecule has 0 aliphatic rings. The van der Waals surface area contributed by atoms with E-state index >= 15 is 0 Å². The quantitative estimate of drug-likeness (QED) is 0.0264. The zero-order valence-electron chi connectivity index (χ0n) is 63.2. The highest BCUT2D eigenvalue weighted by atomic mass is 31.2. The number of unbranched alkanes of at least 4 members (excludes halogenated alkanes) is 28. The van der Waals surface area contributed by atoms with Crippen LogP contribution in [0.3, 0.4) is 0 Å². The number of nitrogens with two attached hydrogens (primary N) is 1. The Kier molecular flexibility index (Phi) is 77.6. The number of hydrogen-bond donors (Lipinski definition) is 2. The molecule has 0 fully saturated rings. The third-order valence-electron chi connectivity index (χ3n) is 16.5. The second-order valence-corrected chi connectivity index (χ2v) is 27.3. The third kappa shape index (κ3) is 81.7. The predicted octanol–water partition coefficient (Wildman–Crippen LogP) is 27.2. The summed E-state index contributed by atoms with van der Waals surface area (Å²) < 4.78 is 33.2. The van der Waals surface area contributed by atoms with Gasteiger partial charge in [-0.3, -0.25) is 18.6 Å². The average molecular weight is 1390 g/mol. The highest BCUT2D eigenvalue weighted by Crippen LogP contribution is 2.43. The van der Waals surface area contributed by atoms with Gasteiger partial charge in [-0.1, -0.05) is 362 Å². The summed E-state index contributed by atoms with van der Waals surface area (Å²) in [7, 11) is -4.41.